The molecule has 2 aliphatic heterocycles. The molecule has 2 aliphatic carbocycles. The summed E-state index contributed by atoms with van der Waals surface area (Å²) in [7, 11) is 0. The predicted molar refractivity (Wildman–Crippen MR) is 118 cm³/mol. The Kier molecular flexibility index (Phi) is 6.32. The SMILES string of the molecule is O=C(c1c(OCC2CC2)cc(=O)n2c1CCOCC2)N1CCN(C2CCCCC2)CC1. The summed E-state index contributed by atoms with van der Waals surface area (Å²) >= 11 is 0. The minimum Gasteiger partial charge on any atom is -0.492 e. The lowest BCUT2D eigenvalue weighted by atomic mass is 9.94. The first-order valence-corrected chi connectivity index (χ1v) is 12.2. The van der Waals surface area contributed by atoms with Crippen LogP contribution < -0.4 is 10.3 Å². The van der Waals surface area contributed by atoms with Crippen molar-refractivity contribution in [2.24, 2.45) is 5.92 Å². The van der Waals surface area contributed by atoms with Gasteiger partial charge >= 0.3 is 0 Å². The van der Waals surface area contributed by atoms with Gasteiger partial charge in [0.1, 0.15) is 11.3 Å². The van der Waals surface area contributed by atoms with E-state index in [-0.39, 0.29) is 11.5 Å². The Morgan fingerprint density at radius 2 is 1.77 bits per heavy atom. The van der Waals surface area contributed by atoms with Crippen LogP contribution in [-0.2, 0) is 17.7 Å². The first-order chi connectivity index (χ1) is 15.2. The van der Waals surface area contributed by atoms with E-state index in [2.05, 4.69) is 4.90 Å². The molecule has 0 atom stereocenters. The largest absolute Gasteiger partial charge is 0.492 e. The van der Waals surface area contributed by atoms with Gasteiger partial charge in [-0.25, -0.2) is 0 Å². The normalized spacial score (nSPS) is 23.3. The first kappa shape index (κ1) is 21.0. The lowest BCUT2D eigenvalue weighted by Crippen LogP contribution is -2.52. The monoisotopic (exact) mass is 429 g/mol. The van der Waals surface area contributed by atoms with E-state index in [1.807, 2.05) is 4.90 Å². The van der Waals surface area contributed by atoms with Gasteiger partial charge in [-0.2, -0.15) is 0 Å². The van der Waals surface area contributed by atoms with Gasteiger partial charge in [-0.15, -0.1) is 0 Å². The highest BCUT2D eigenvalue weighted by Crippen LogP contribution is 2.32. The smallest absolute Gasteiger partial charge is 0.259 e. The zero-order valence-corrected chi connectivity index (χ0v) is 18.5. The van der Waals surface area contributed by atoms with Crippen molar-refractivity contribution in [1.29, 1.82) is 0 Å². The summed E-state index contributed by atoms with van der Waals surface area (Å²) in [5.41, 5.74) is 1.29. The van der Waals surface area contributed by atoms with Crippen molar-refractivity contribution in [2.75, 3.05) is 46.0 Å². The van der Waals surface area contributed by atoms with Crippen molar-refractivity contribution < 1.29 is 14.3 Å². The summed E-state index contributed by atoms with van der Waals surface area (Å²) in [5.74, 6) is 1.05. The Labute approximate surface area is 184 Å². The Balaban J connectivity index is 1.37. The number of piperazine rings is 1. The summed E-state index contributed by atoms with van der Waals surface area (Å²) in [6.07, 6.45) is 9.52. The average molecular weight is 430 g/mol. The molecule has 1 aromatic rings. The minimum absolute atomic E-state index is 0.0136. The Hall–Kier alpha value is -1.86. The fourth-order valence-electron chi connectivity index (χ4n) is 5.33. The molecule has 1 amide bonds. The number of carbonyl (C=O) groups is 1. The van der Waals surface area contributed by atoms with E-state index in [4.69, 9.17) is 9.47 Å². The van der Waals surface area contributed by atoms with Crippen LogP contribution in [0.1, 0.15) is 61.0 Å². The van der Waals surface area contributed by atoms with E-state index in [0.29, 0.717) is 56.1 Å². The van der Waals surface area contributed by atoms with Crippen LogP contribution >= 0.6 is 0 Å². The van der Waals surface area contributed by atoms with Gasteiger partial charge in [0.15, 0.2) is 0 Å². The molecular formula is C24H35N3O4. The number of hydrogen-bond acceptors (Lipinski definition) is 5. The van der Waals surface area contributed by atoms with Crippen LogP contribution in [0.5, 0.6) is 5.75 Å². The van der Waals surface area contributed by atoms with Crippen molar-refractivity contribution in [2.45, 2.75) is 64.0 Å². The number of hydrogen-bond donors (Lipinski definition) is 0. The summed E-state index contributed by atoms with van der Waals surface area (Å²) in [6, 6.07) is 2.22. The van der Waals surface area contributed by atoms with Crippen LogP contribution in [0, 0.1) is 5.92 Å². The molecule has 1 aromatic heterocycles. The Bertz CT molecular complexity index is 849. The van der Waals surface area contributed by atoms with Crippen LogP contribution in [-0.4, -0.2) is 72.3 Å². The molecule has 2 saturated carbocycles. The third-order valence-electron chi connectivity index (χ3n) is 7.40. The van der Waals surface area contributed by atoms with Crippen LogP contribution in [0.25, 0.3) is 0 Å². The first-order valence-electron chi connectivity index (χ1n) is 12.2. The van der Waals surface area contributed by atoms with Crippen molar-refractivity contribution in [3.63, 3.8) is 0 Å². The maximum absolute atomic E-state index is 13.7. The van der Waals surface area contributed by atoms with Crippen molar-refractivity contribution in [1.82, 2.24) is 14.4 Å². The number of nitrogens with zero attached hydrogens (tertiary/aromatic N) is 3. The van der Waals surface area contributed by atoms with Crippen LogP contribution in [0.4, 0.5) is 0 Å². The van der Waals surface area contributed by atoms with Gasteiger partial charge in [0.25, 0.3) is 11.5 Å². The number of pyridine rings is 1. The lowest BCUT2D eigenvalue weighted by molar-refractivity contribution is 0.0517. The summed E-state index contributed by atoms with van der Waals surface area (Å²) in [4.78, 5) is 31.0. The zero-order chi connectivity index (χ0) is 21.2. The molecule has 4 aliphatic rings. The highest BCUT2D eigenvalue weighted by atomic mass is 16.5. The van der Waals surface area contributed by atoms with Gasteiger partial charge in [0.2, 0.25) is 0 Å². The van der Waals surface area contributed by atoms with Crippen LogP contribution in [0.3, 0.4) is 0 Å². The molecule has 1 saturated heterocycles. The molecule has 7 heteroatoms. The number of rotatable bonds is 5. The molecule has 0 unspecified atom stereocenters. The van der Waals surface area contributed by atoms with E-state index < -0.39 is 0 Å². The van der Waals surface area contributed by atoms with E-state index in [9.17, 15) is 9.59 Å². The summed E-state index contributed by atoms with van der Waals surface area (Å²) in [6.45, 7) is 5.48. The average Bonchev–Trinajstić information content (AvgIpc) is 3.65. The van der Waals surface area contributed by atoms with Crippen molar-refractivity contribution in [3.05, 3.63) is 27.7 Å². The third-order valence-corrected chi connectivity index (χ3v) is 7.40. The molecule has 5 rings (SSSR count). The molecule has 3 fully saturated rings. The molecule has 0 N–H and O–H groups in total. The molecule has 3 heterocycles. The fraction of sp³-hybridized carbons (Fsp3) is 0.750. The molecular weight excluding hydrogens is 394 g/mol. The number of aromatic nitrogens is 1. The topological polar surface area (TPSA) is 64.0 Å². The van der Waals surface area contributed by atoms with Crippen LogP contribution in [0.2, 0.25) is 0 Å². The zero-order valence-electron chi connectivity index (χ0n) is 18.5. The molecule has 170 valence electrons. The second kappa shape index (κ2) is 9.33. The van der Waals surface area contributed by atoms with E-state index in [1.165, 1.54) is 51.0 Å². The minimum atomic E-state index is -0.0926. The van der Waals surface area contributed by atoms with Crippen LogP contribution in [0.15, 0.2) is 10.9 Å². The second-order valence-electron chi connectivity index (χ2n) is 9.56. The van der Waals surface area contributed by atoms with E-state index >= 15 is 0 Å². The van der Waals surface area contributed by atoms with Gasteiger partial charge in [0.05, 0.1) is 19.8 Å². The molecule has 0 aromatic carbocycles. The molecule has 7 nitrogen and oxygen atoms in total. The Morgan fingerprint density at radius 1 is 1.00 bits per heavy atom. The Morgan fingerprint density at radius 3 is 2.52 bits per heavy atom. The highest BCUT2D eigenvalue weighted by molar-refractivity contribution is 5.98. The maximum atomic E-state index is 13.7. The van der Waals surface area contributed by atoms with E-state index in [0.717, 1.165) is 31.9 Å². The lowest BCUT2D eigenvalue weighted by Gasteiger charge is -2.41. The van der Waals surface area contributed by atoms with Gasteiger partial charge < -0.3 is 18.9 Å². The van der Waals surface area contributed by atoms with Gasteiger partial charge in [-0.1, -0.05) is 19.3 Å². The molecule has 0 radical (unpaired) electrons. The standard InChI is InChI=1S/C24H35N3O4/c28-22-16-21(31-17-18-6-7-18)23(20-8-14-30-15-13-27(20)22)24(29)26-11-9-25(10-12-26)19-4-2-1-3-5-19/h16,18-19H,1-15,17H2. The van der Waals surface area contributed by atoms with Gasteiger partial charge in [-0.3, -0.25) is 14.5 Å². The highest BCUT2D eigenvalue weighted by Gasteiger charge is 2.32. The quantitative estimate of drug-likeness (QED) is 0.719. The molecule has 0 bridgehead atoms. The molecule has 0 spiro atoms. The van der Waals surface area contributed by atoms with Gasteiger partial charge in [-0.05, 0) is 31.6 Å². The third kappa shape index (κ3) is 4.67. The number of carbonyl (C=O) groups excluding carboxylic acids is 1. The molecule has 31 heavy (non-hydrogen) atoms. The predicted octanol–water partition coefficient (Wildman–Crippen LogP) is 2.30. The van der Waals surface area contributed by atoms with Crippen molar-refractivity contribution >= 4 is 5.91 Å². The second-order valence-corrected chi connectivity index (χ2v) is 9.56. The number of fused-ring (bicyclic) bond motifs is 1. The van der Waals surface area contributed by atoms with E-state index in [1.54, 1.807) is 4.57 Å². The summed E-state index contributed by atoms with van der Waals surface area (Å²) in [5, 5.41) is 0. The number of amides is 1. The maximum Gasteiger partial charge on any atom is 0.259 e. The fourth-order valence-corrected chi connectivity index (χ4v) is 5.33. The number of ether oxygens (including phenoxy) is 2. The van der Waals surface area contributed by atoms with Crippen molar-refractivity contribution in [3.8, 4) is 5.75 Å². The summed E-state index contributed by atoms with van der Waals surface area (Å²) < 4.78 is 13.4. The van der Waals surface area contributed by atoms with Gasteiger partial charge in [0, 0.05) is 56.9 Å².